The summed E-state index contributed by atoms with van der Waals surface area (Å²) in [5, 5.41) is 1.12. The molecule has 2 aromatic heterocycles. The number of carbonyl (C=O) groups is 2. The molecule has 32 heavy (non-hydrogen) atoms. The van der Waals surface area contributed by atoms with Crippen LogP contribution in [0, 0.1) is 0 Å². The molecule has 1 aliphatic heterocycles. The Hall–Kier alpha value is -3.30. The third kappa shape index (κ3) is 4.21. The number of hydrogen-bond acceptors (Lipinski definition) is 4. The van der Waals surface area contributed by atoms with Crippen LogP contribution in [0.3, 0.4) is 0 Å². The van der Waals surface area contributed by atoms with E-state index >= 15 is 0 Å². The topological polar surface area (TPSA) is 80.2 Å². The highest BCUT2D eigenvalue weighted by Crippen LogP contribution is 2.33. The maximum absolute atomic E-state index is 13.4. The Morgan fingerprint density at radius 1 is 1.22 bits per heavy atom. The Balaban J connectivity index is 1.43. The van der Waals surface area contributed by atoms with Gasteiger partial charge >= 0.3 is 12.1 Å². The first-order valence-corrected chi connectivity index (χ1v) is 10.5. The van der Waals surface area contributed by atoms with E-state index in [0.717, 1.165) is 16.5 Å². The molecule has 1 aliphatic rings. The zero-order valence-corrected chi connectivity index (χ0v) is 17.5. The van der Waals surface area contributed by atoms with Crippen molar-refractivity contribution in [2.24, 2.45) is 0 Å². The predicted octanol–water partition coefficient (Wildman–Crippen LogP) is 3.93. The number of rotatable bonds is 6. The summed E-state index contributed by atoms with van der Waals surface area (Å²) < 4.78 is 46.3. The molecule has 0 atom stereocenters. The van der Waals surface area contributed by atoms with Gasteiger partial charge in [-0.1, -0.05) is 18.2 Å². The number of aryl methyl sites for hydroxylation is 1. The number of nitrogens with one attached hydrogen (secondary N) is 1. The predicted molar refractivity (Wildman–Crippen MR) is 110 cm³/mol. The van der Waals surface area contributed by atoms with Gasteiger partial charge in [0.15, 0.2) is 11.4 Å². The molecule has 10 heteroatoms. The number of fused-ring (bicyclic) bond motifs is 2. The molecule has 0 bridgehead atoms. The summed E-state index contributed by atoms with van der Waals surface area (Å²) in [5.74, 6) is -1.17. The lowest BCUT2D eigenvalue weighted by Crippen LogP contribution is -2.39. The number of benzene rings is 1. The Morgan fingerprint density at radius 3 is 2.75 bits per heavy atom. The highest BCUT2D eigenvalue weighted by atomic mass is 19.4. The molecular weight excluding hydrogens is 425 g/mol. The van der Waals surface area contributed by atoms with Gasteiger partial charge in [0.2, 0.25) is 5.91 Å². The van der Waals surface area contributed by atoms with E-state index in [1.165, 1.54) is 16.4 Å². The number of aromatic amines is 1. The first-order chi connectivity index (χ1) is 15.3. The lowest BCUT2D eigenvalue weighted by molar-refractivity contribution is -0.141. The van der Waals surface area contributed by atoms with E-state index in [1.807, 2.05) is 30.5 Å². The summed E-state index contributed by atoms with van der Waals surface area (Å²) in [6.45, 7) is 1.67. The summed E-state index contributed by atoms with van der Waals surface area (Å²) in [6, 6.07) is 7.91. The summed E-state index contributed by atoms with van der Waals surface area (Å²) >= 11 is 0. The third-order valence-corrected chi connectivity index (χ3v) is 5.57. The number of halogens is 3. The average molecular weight is 448 g/mol. The number of aromatic nitrogens is 3. The number of ether oxygens (including phenoxy) is 1. The summed E-state index contributed by atoms with van der Waals surface area (Å²) in [6.07, 6.45) is -1.25. The molecule has 1 N–H and O–H groups in total. The fourth-order valence-electron chi connectivity index (χ4n) is 4.07. The Labute approximate surface area is 182 Å². The number of imidazole rings is 1. The number of carbonyl (C=O) groups excluding carboxylic acids is 2. The van der Waals surface area contributed by atoms with Gasteiger partial charge in [-0.3, -0.25) is 4.79 Å². The van der Waals surface area contributed by atoms with Crippen molar-refractivity contribution in [3.63, 3.8) is 0 Å². The van der Waals surface area contributed by atoms with Gasteiger partial charge in [-0.2, -0.15) is 13.2 Å². The number of hydrogen-bond donors (Lipinski definition) is 1. The van der Waals surface area contributed by atoms with E-state index in [0.29, 0.717) is 12.8 Å². The Kier molecular flexibility index (Phi) is 5.94. The second-order valence-electron chi connectivity index (χ2n) is 7.62. The van der Waals surface area contributed by atoms with Crippen LogP contribution in [-0.2, 0) is 35.2 Å². The van der Waals surface area contributed by atoms with E-state index < -0.39 is 23.5 Å². The second-order valence-corrected chi connectivity index (χ2v) is 7.62. The minimum absolute atomic E-state index is 0.0385. The zero-order chi connectivity index (χ0) is 22.9. The molecule has 1 aromatic carbocycles. The van der Waals surface area contributed by atoms with Crippen molar-refractivity contribution in [2.45, 2.75) is 45.5 Å². The van der Waals surface area contributed by atoms with Crippen molar-refractivity contribution < 1.29 is 27.5 Å². The van der Waals surface area contributed by atoms with Crippen molar-refractivity contribution in [1.29, 1.82) is 0 Å². The van der Waals surface area contributed by atoms with Crippen LogP contribution >= 0.6 is 0 Å². The van der Waals surface area contributed by atoms with E-state index in [-0.39, 0.29) is 44.4 Å². The van der Waals surface area contributed by atoms with Crippen LogP contribution in [0.4, 0.5) is 13.2 Å². The lowest BCUT2D eigenvalue weighted by atomic mass is 10.1. The van der Waals surface area contributed by atoms with Crippen LogP contribution in [0.1, 0.15) is 47.3 Å². The molecule has 0 saturated heterocycles. The van der Waals surface area contributed by atoms with Crippen molar-refractivity contribution in [3.8, 4) is 0 Å². The molecule has 0 aliphatic carbocycles. The highest BCUT2D eigenvalue weighted by molar-refractivity contribution is 5.89. The Morgan fingerprint density at radius 2 is 2.00 bits per heavy atom. The van der Waals surface area contributed by atoms with Crippen molar-refractivity contribution >= 4 is 22.8 Å². The van der Waals surface area contributed by atoms with Gasteiger partial charge in [0.1, 0.15) is 5.82 Å². The van der Waals surface area contributed by atoms with Gasteiger partial charge in [-0.05, 0) is 31.4 Å². The standard InChI is InChI=1S/C22H23F3N4O3/c1-2-32-21(31)19-20(22(23,24)25)27-17-13-28(10-11-29(17)19)18(30)9-5-6-14-12-26-16-8-4-3-7-15(14)16/h3-4,7-8,12,26H,2,5-6,9-11,13H2,1H3. The van der Waals surface area contributed by atoms with E-state index in [1.54, 1.807) is 0 Å². The maximum atomic E-state index is 13.4. The lowest BCUT2D eigenvalue weighted by Gasteiger charge is -2.28. The molecule has 0 unspecified atom stereocenters. The van der Waals surface area contributed by atoms with Crippen LogP contribution in [0.25, 0.3) is 10.9 Å². The van der Waals surface area contributed by atoms with Crippen LogP contribution in [0.5, 0.6) is 0 Å². The van der Waals surface area contributed by atoms with Gasteiger partial charge in [-0.15, -0.1) is 0 Å². The smallest absolute Gasteiger partial charge is 0.435 e. The number of nitrogens with zero attached hydrogens (tertiary/aromatic N) is 3. The van der Waals surface area contributed by atoms with Gasteiger partial charge in [0.05, 0.1) is 13.2 Å². The van der Waals surface area contributed by atoms with E-state index in [2.05, 4.69) is 9.97 Å². The van der Waals surface area contributed by atoms with Crippen molar-refractivity contribution in [2.75, 3.05) is 13.2 Å². The molecule has 3 aromatic rings. The van der Waals surface area contributed by atoms with Crippen LogP contribution in [-0.4, -0.2) is 44.5 Å². The number of esters is 1. The molecule has 1 amide bonds. The van der Waals surface area contributed by atoms with Crippen molar-refractivity contribution in [1.82, 2.24) is 19.4 Å². The highest BCUT2D eigenvalue weighted by Gasteiger charge is 2.43. The van der Waals surface area contributed by atoms with Crippen LogP contribution < -0.4 is 0 Å². The molecule has 4 rings (SSSR count). The maximum Gasteiger partial charge on any atom is 0.435 e. The van der Waals surface area contributed by atoms with Gasteiger partial charge in [-0.25, -0.2) is 9.78 Å². The molecular formula is C22H23F3N4O3. The average Bonchev–Trinajstić information content (AvgIpc) is 3.35. The summed E-state index contributed by atoms with van der Waals surface area (Å²) in [5.41, 5.74) is 0.298. The number of amides is 1. The second kappa shape index (κ2) is 8.68. The largest absolute Gasteiger partial charge is 0.461 e. The first kappa shape index (κ1) is 21.9. The minimum atomic E-state index is -4.79. The van der Waals surface area contributed by atoms with E-state index in [4.69, 9.17) is 4.74 Å². The molecule has 3 heterocycles. The normalized spacial score (nSPS) is 13.9. The number of alkyl halides is 3. The molecule has 0 spiro atoms. The molecule has 0 saturated carbocycles. The van der Waals surface area contributed by atoms with E-state index in [9.17, 15) is 22.8 Å². The number of H-pyrrole nitrogens is 1. The third-order valence-electron chi connectivity index (χ3n) is 5.57. The Bertz CT molecular complexity index is 1150. The molecule has 0 fully saturated rings. The van der Waals surface area contributed by atoms with Crippen LogP contribution in [0.2, 0.25) is 0 Å². The fourth-order valence-corrected chi connectivity index (χ4v) is 4.07. The molecule has 7 nitrogen and oxygen atoms in total. The minimum Gasteiger partial charge on any atom is -0.461 e. The quantitative estimate of drug-likeness (QED) is 0.580. The SMILES string of the molecule is CCOC(=O)c1c(C(F)(F)F)nc2n1CCN(C(=O)CCCc1c[nH]c3ccccc13)C2. The fraction of sp³-hybridized carbons (Fsp3) is 0.409. The first-order valence-electron chi connectivity index (χ1n) is 10.5. The molecule has 170 valence electrons. The van der Waals surface area contributed by atoms with Crippen LogP contribution in [0.15, 0.2) is 30.5 Å². The van der Waals surface area contributed by atoms with Gasteiger partial charge in [0, 0.05) is 36.6 Å². The number of para-hydroxylation sites is 1. The summed E-state index contributed by atoms with van der Waals surface area (Å²) in [4.78, 5) is 33.2. The zero-order valence-electron chi connectivity index (χ0n) is 17.5. The van der Waals surface area contributed by atoms with Gasteiger partial charge < -0.3 is 19.2 Å². The monoisotopic (exact) mass is 448 g/mol. The van der Waals surface area contributed by atoms with Crippen molar-refractivity contribution in [3.05, 3.63) is 53.2 Å². The summed E-state index contributed by atoms with van der Waals surface area (Å²) in [7, 11) is 0. The van der Waals surface area contributed by atoms with Gasteiger partial charge in [0.25, 0.3) is 0 Å². The molecule has 0 radical (unpaired) electrons.